The summed E-state index contributed by atoms with van der Waals surface area (Å²) in [6.07, 6.45) is 1.32. The summed E-state index contributed by atoms with van der Waals surface area (Å²) in [5.41, 5.74) is 0. The lowest BCUT2D eigenvalue weighted by Gasteiger charge is -2.06. The van der Waals surface area contributed by atoms with E-state index in [-0.39, 0.29) is 0 Å². The molecule has 0 bridgehead atoms. The molecule has 0 saturated heterocycles. The molecule has 0 aliphatic carbocycles. The van der Waals surface area contributed by atoms with Crippen molar-refractivity contribution in [2.45, 2.75) is 4.90 Å². The number of thioether (sulfide) groups is 1. The maximum Gasteiger partial charge on any atom is 0.235 e. The minimum atomic E-state index is 0.346. The summed E-state index contributed by atoms with van der Waals surface area (Å²) in [5, 5.41) is 10.4. The van der Waals surface area contributed by atoms with E-state index in [9.17, 15) is 0 Å². The number of aromatic nitrogens is 2. The zero-order valence-corrected chi connectivity index (χ0v) is 7.96. The van der Waals surface area contributed by atoms with Crippen LogP contribution in [-0.4, -0.2) is 24.2 Å². The summed E-state index contributed by atoms with van der Waals surface area (Å²) in [7, 11) is 2.95. The average molecular weight is 197 g/mol. The smallest absolute Gasteiger partial charge is 0.235 e. The number of rotatable bonds is 3. The zero-order chi connectivity index (χ0) is 9.68. The lowest BCUT2D eigenvalue weighted by Crippen LogP contribution is -1.96. The van der Waals surface area contributed by atoms with Gasteiger partial charge in [-0.05, 0) is 0 Å². The van der Waals surface area contributed by atoms with E-state index in [2.05, 4.69) is 9.97 Å². The molecule has 0 radical (unpaired) electrons. The van der Waals surface area contributed by atoms with Gasteiger partial charge in [-0.2, -0.15) is 5.26 Å². The van der Waals surface area contributed by atoms with E-state index in [0.29, 0.717) is 16.7 Å². The summed E-state index contributed by atoms with van der Waals surface area (Å²) < 4.78 is 9.87. The van der Waals surface area contributed by atoms with Crippen LogP contribution in [0, 0.1) is 10.7 Å². The van der Waals surface area contributed by atoms with Crippen LogP contribution in [0.1, 0.15) is 0 Å². The lowest BCUT2D eigenvalue weighted by atomic mass is 10.6. The van der Waals surface area contributed by atoms with Gasteiger partial charge < -0.3 is 9.47 Å². The van der Waals surface area contributed by atoms with E-state index in [4.69, 9.17) is 14.7 Å². The fourth-order valence-electron chi connectivity index (χ4n) is 0.766. The second-order valence-corrected chi connectivity index (χ2v) is 2.71. The summed E-state index contributed by atoms with van der Waals surface area (Å²) in [4.78, 5) is 8.17. The monoisotopic (exact) mass is 197 g/mol. The molecule has 6 heteroatoms. The Labute approximate surface area is 79.7 Å². The molecule has 0 saturated carbocycles. The Kier molecular flexibility index (Phi) is 3.34. The third-order valence-corrected chi connectivity index (χ3v) is 1.92. The Hall–Kier alpha value is -1.48. The molecule has 1 aromatic heterocycles. The van der Waals surface area contributed by atoms with Gasteiger partial charge in [0.15, 0.2) is 0 Å². The predicted molar refractivity (Wildman–Crippen MR) is 46.6 cm³/mol. The van der Waals surface area contributed by atoms with Crippen molar-refractivity contribution >= 4 is 11.8 Å². The van der Waals surface area contributed by atoms with Crippen LogP contribution in [0.5, 0.6) is 11.8 Å². The Morgan fingerprint density at radius 3 is 2.23 bits per heavy atom. The number of hydrogen-bond donors (Lipinski definition) is 0. The number of hydrogen-bond acceptors (Lipinski definition) is 6. The second-order valence-electron chi connectivity index (χ2n) is 1.91. The van der Waals surface area contributed by atoms with Gasteiger partial charge in [0.2, 0.25) is 11.8 Å². The van der Waals surface area contributed by atoms with Gasteiger partial charge in [-0.1, -0.05) is 0 Å². The predicted octanol–water partition coefficient (Wildman–Crippen LogP) is 1.07. The van der Waals surface area contributed by atoms with E-state index >= 15 is 0 Å². The van der Waals surface area contributed by atoms with Crippen molar-refractivity contribution in [2.24, 2.45) is 0 Å². The molecule has 13 heavy (non-hydrogen) atoms. The number of thiocyanates is 1. The Bertz CT molecular complexity index is 315. The Balaban J connectivity index is 3.14. The molecule has 0 aliphatic rings. The first-order chi connectivity index (χ1) is 6.33. The first-order valence-corrected chi connectivity index (χ1v) is 4.14. The van der Waals surface area contributed by atoms with E-state index in [1.807, 2.05) is 5.40 Å². The highest BCUT2D eigenvalue weighted by atomic mass is 32.2. The van der Waals surface area contributed by atoms with Crippen molar-refractivity contribution in [1.82, 2.24) is 9.97 Å². The summed E-state index contributed by atoms with van der Waals surface area (Å²) >= 11 is 0.908. The van der Waals surface area contributed by atoms with Gasteiger partial charge in [0.05, 0.1) is 14.2 Å². The highest BCUT2D eigenvalue weighted by molar-refractivity contribution is 8.03. The minimum absolute atomic E-state index is 0.346. The zero-order valence-electron chi connectivity index (χ0n) is 7.14. The van der Waals surface area contributed by atoms with Crippen LogP contribution < -0.4 is 9.47 Å². The van der Waals surface area contributed by atoms with E-state index in [1.54, 1.807) is 0 Å². The van der Waals surface area contributed by atoms with Gasteiger partial charge in [0.1, 0.15) is 16.6 Å². The molecule has 0 N–H and O–H groups in total. The molecule has 0 aromatic carbocycles. The molecule has 0 fully saturated rings. The molecule has 0 atom stereocenters. The Morgan fingerprint density at radius 1 is 1.31 bits per heavy atom. The van der Waals surface area contributed by atoms with Crippen LogP contribution in [0.3, 0.4) is 0 Å². The molecule has 1 aromatic rings. The van der Waals surface area contributed by atoms with Gasteiger partial charge in [-0.15, -0.1) is 0 Å². The SMILES string of the molecule is COc1ncnc(OC)c1SC#N. The number of nitrogens with zero attached hydrogens (tertiary/aromatic N) is 3. The molecule has 1 heterocycles. The number of ether oxygens (including phenoxy) is 2. The lowest BCUT2D eigenvalue weighted by molar-refractivity contribution is 0.352. The van der Waals surface area contributed by atoms with E-state index in [1.165, 1.54) is 20.5 Å². The molecule has 5 nitrogen and oxygen atoms in total. The van der Waals surface area contributed by atoms with Gasteiger partial charge >= 0.3 is 0 Å². The van der Waals surface area contributed by atoms with Crippen LogP contribution >= 0.6 is 11.8 Å². The van der Waals surface area contributed by atoms with Gasteiger partial charge in [0.25, 0.3) is 0 Å². The molecular weight excluding hydrogens is 190 g/mol. The van der Waals surface area contributed by atoms with Gasteiger partial charge in [0, 0.05) is 11.8 Å². The van der Waals surface area contributed by atoms with E-state index in [0.717, 1.165) is 11.8 Å². The van der Waals surface area contributed by atoms with Crippen molar-refractivity contribution in [2.75, 3.05) is 14.2 Å². The fraction of sp³-hybridized carbons (Fsp3) is 0.286. The topological polar surface area (TPSA) is 68.0 Å². The van der Waals surface area contributed by atoms with Crippen LogP contribution in [0.25, 0.3) is 0 Å². The second kappa shape index (κ2) is 4.52. The molecule has 0 spiro atoms. The molecular formula is C7H7N3O2S. The summed E-state index contributed by atoms with van der Waals surface area (Å²) in [5.74, 6) is 0.691. The van der Waals surface area contributed by atoms with Crippen molar-refractivity contribution in [3.63, 3.8) is 0 Å². The van der Waals surface area contributed by atoms with Crippen molar-refractivity contribution in [3.05, 3.63) is 6.33 Å². The highest BCUT2D eigenvalue weighted by Crippen LogP contribution is 2.33. The molecule has 0 unspecified atom stereocenters. The van der Waals surface area contributed by atoms with Crippen LogP contribution in [0.15, 0.2) is 11.2 Å². The minimum Gasteiger partial charge on any atom is -0.480 e. The first-order valence-electron chi connectivity index (χ1n) is 3.32. The van der Waals surface area contributed by atoms with Crippen molar-refractivity contribution in [1.29, 1.82) is 5.26 Å². The number of nitriles is 1. The first kappa shape index (κ1) is 9.61. The molecule has 0 aliphatic heterocycles. The maximum absolute atomic E-state index is 8.51. The average Bonchev–Trinajstić information content (AvgIpc) is 2.18. The van der Waals surface area contributed by atoms with Crippen LogP contribution in [-0.2, 0) is 0 Å². The van der Waals surface area contributed by atoms with Gasteiger partial charge in [-0.3, -0.25) is 0 Å². The third kappa shape index (κ3) is 2.00. The molecule has 0 amide bonds. The highest BCUT2D eigenvalue weighted by Gasteiger charge is 2.12. The summed E-state index contributed by atoms with van der Waals surface area (Å²) in [6, 6.07) is 0. The van der Waals surface area contributed by atoms with Gasteiger partial charge in [-0.25, -0.2) is 9.97 Å². The normalized spacial score (nSPS) is 9.00. The van der Waals surface area contributed by atoms with Crippen molar-refractivity contribution in [3.8, 4) is 17.2 Å². The van der Waals surface area contributed by atoms with E-state index < -0.39 is 0 Å². The Morgan fingerprint density at radius 2 is 1.85 bits per heavy atom. The van der Waals surface area contributed by atoms with Crippen molar-refractivity contribution < 1.29 is 9.47 Å². The fourth-order valence-corrected chi connectivity index (χ4v) is 1.30. The largest absolute Gasteiger partial charge is 0.480 e. The standard InChI is InChI=1S/C7H7N3O2S/c1-11-6-5(13-3-8)7(12-2)10-4-9-6/h4H,1-2H3. The third-order valence-electron chi connectivity index (χ3n) is 1.27. The maximum atomic E-state index is 8.51. The number of methoxy groups -OCH3 is 2. The van der Waals surface area contributed by atoms with Crippen LogP contribution in [0.4, 0.5) is 0 Å². The quantitative estimate of drug-likeness (QED) is 0.533. The molecule has 1 rings (SSSR count). The summed E-state index contributed by atoms with van der Waals surface area (Å²) in [6.45, 7) is 0. The molecule has 68 valence electrons. The van der Waals surface area contributed by atoms with Crippen LogP contribution in [0.2, 0.25) is 0 Å².